The zero-order valence-corrected chi connectivity index (χ0v) is 10.8. The van der Waals surface area contributed by atoms with Crippen molar-refractivity contribution in [1.82, 2.24) is 9.55 Å². The molecular formula is C13H18N2OS. The van der Waals surface area contributed by atoms with Crippen LogP contribution in [0.25, 0.3) is 0 Å². The van der Waals surface area contributed by atoms with Crippen molar-refractivity contribution in [3.8, 4) is 0 Å². The van der Waals surface area contributed by atoms with Crippen molar-refractivity contribution in [2.45, 2.75) is 57.4 Å². The molecule has 0 saturated heterocycles. The van der Waals surface area contributed by atoms with Crippen LogP contribution in [0.15, 0.2) is 4.79 Å². The molecule has 0 radical (unpaired) electrons. The zero-order chi connectivity index (χ0) is 11.8. The first-order valence-corrected chi connectivity index (χ1v) is 7.05. The number of nitrogens with one attached hydrogen (secondary N) is 1. The first-order chi connectivity index (χ1) is 8.27. The summed E-state index contributed by atoms with van der Waals surface area (Å²) in [6, 6.07) is 0.418. The summed E-state index contributed by atoms with van der Waals surface area (Å²) in [5, 5.41) is 0. The van der Waals surface area contributed by atoms with E-state index in [2.05, 4.69) is 4.98 Å². The Labute approximate surface area is 106 Å². The molecule has 0 aromatic carbocycles. The lowest BCUT2D eigenvalue weighted by molar-refractivity contribution is 0.454. The van der Waals surface area contributed by atoms with Crippen LogP contribution in [-0.4, -0.2) is 9.55 Å². The first kappa shape index (κ1) is 11.2. The van der Waals surface area contributed by atoms with Crippen LogP contribution in [0, 0.1) is 4.64 Å². The molecule has 17 heavy (non-hydrogen) atoms. The van der Waals surface area contributed by atoms with Crippen molar-refractivity contribution in [2.75, 3.05) is 0 Å². The van der Waals surface area contributed by atoms with Crippen LogP contribution < -0.4 is 5.69 Å². The van der Waals surface area contributed by atoms with Crippen LogP contribution in [0.5, 0.6) is 0 Å². The number of aromatic amines is 1. The van der Waals surface area contributed by atoms with Gasteiger partial charge in [-0.3, -0.25) is 9.55 Å². The van der Waals surface area contributed by atoms with Crippen molar-refractivity contribution < 1.29 is 0 Å². The van der Waals surface area contributed by atoms with Crippen molar-refractivity contribution >= 4 is 12.2 Å². The standard InChI is InChI=1S/C13H18N2OS/c16-13-14-12(17)10-7-3-4-8-11(10)15(13)9-5-1-2-6-9/h9H,1-8H2,(H,14,16,17). The second kappa shape index (κ2) is 4.41. The Kier molecular flexibility index (Phi) is 2.90. The first-order valence-electron chi connectivity index (χ1n) is 6.64. The summed E-state index contributed by atoms with van der Waals surface area (Å²) in [4.78, 5) is 15.0. The third-order valence-corrected chi connectivity index (χ3v) is 4.48. The number of fused-ring (bicyclic) bond motifs is 1. The fraction of sp³-hybridized carbons (Fsp3) is 0.692. The minimum atomic E-state index is 0.0163. The van der Waals surface area contributed by atoms with Gasteiger partial charge >= 0.3 is 5.69 Å². The number of hydrogen-bond donors (Lipinski definition) is 1. The van der Waals surface area contributed by atoms with E-state index in [1.165, 1.54) is 36.9 Å². The van der Waals surface area contributed by atoms with Gasteiger partial charge in [0.25, 0.3) is 0 Å². The molecule has 4 heteroatoms. The van der Waals surface area contributed by atoms with Crippen molar-refractivity contribution in [3.05, 3.63) is 26.4 Å². The molecule has 0 bridgehead atoms. The maximum Gasteiger partial charge on any atom is 0.326 e. The fourth-order valence-electron chi connectivity index (χ4n) is 3.30. The van der Waals surface area contributed by atoms with Crippen molar-refractivity contribution in [1.29, 1.82) is 0 Å². The maximum atomic E-state index is 12.1. The van der Waals surface area contributed by atoms with Crippen LogP contribution in [-0.2, 0) is 12.8 Å². The van der Waals surface area contributed by atoms with E-state index in [4.69, 9.17) is 12.2 Å². The van der Waals surface area contributed by atoms with Gasteiger partial charge in [-0.1, -0.05) is 25.1 Å². The van der Waals surface area contributed by atoms with Gasteiger partial charge in [-0.25, -0.2) is 4.79 Å². The molecule has 0 atom stereocenters. The highest BCUT2D eigenvalue weighted by Gasteiger charge is 2.24. The Morgan fingerprint density at radius 2 is 1.82 bits per heavy atom. The molecule has 1 aromatic heterocycles. The van der Waals surface area contributed by atoms with Crippen LogP contribution >= 0.6 is 12.2 Å². The summed E-state index contributed by atoms with van der Waals surface area (Å²) >= 11 is 5.29. The summed E-state index contributed by atoms with van der Waals surface area (Å²) in [6.45, 7) is 0. The minimum absolute atomic E-state index is 0.0163. The molecule has 0 spiro atoms. The maximum absolute atomic E-state index is 12.1. The third kappa shape index (κ3) is 1.88. The molecular weight excluding hydrogens is 232 g/mol. The highest BCUT2D eigenvalue weighted by Crippen LogP contribution is 2.31. The highest BCUT2D eigenvalue weighted by molar-refractivity contribution is 7.71. The van der Waals surface area contributed by atoms with Crippen LogP contribution in [0.3, 0.4) is 0 Å². The number of aromatic nitrogens is 2. The Bertz CT molecular complexity index is 537. The predicted octanol–water partition coefficient (Wildman–Crippen LogP) is 2.90. The van der Waals surface area contributed by atoms with Gasteiger partial charge in [0.1, 0.15) is 4.64 Å². The number of rotatable bonds is 1. The third-order valence-electron chi connectivity index (χ3n) is 4.13. The highest BCUT2D eigenvalue weighted by atomic mass is 32.1. The molecule has 2 aliphatic rings. The quantitative estimate of drug-likeness (QED) is 0.778. The van der Waals surface area contributed by atoms with Gasteiger partial charge in [0.15, 0.2) is 0 Å². The number of hydrogen-bond acceptors (Lipinski definition) is 2. The second-order valence-electron chi connectivity index (χ2n) is 5.20. The molecule has 92 valence electrons. The summed E-state index contributed by atoms with van der Waals surface area (Å²) in [7, 11) is 0. The summed E-state index contributed by atoms with van der Waals surface area (Å²) in [5.74, 6) is 0. The lowest BCUT2D eigenvalue weighted by Gasteiger charge is -2.24. The Morgan fingerprint density at radius 3 is 2.59 bits per heavy atom. The van der Waals surface area contributed by atoms with Crippen LogP contribution in [0.4, 0.5) is 0 Å². The lowest BCUT2D eigenvalue weighted by Crippen LogP contribution is -2.31. The molecule has 1 heterocycles. The SMILES string of the molecule is O=c1[nH]c(=S)c2c(n1C1CCCC1)CCCC2. The smallest absolute Gasteiger partial charge is 0.298 e. The molecule has 0 amide bonds. The molecule has 3 rings (SSSR count). The average Bonchev–Trinajstić information content (AvgIpc) is 2.83. The molecule has 2 aliphatic carbocycles. The Hall–Kier alpha value is -0.900. The van der Waals surface area contributed by atoms with Gasteiger partial charge in [0.05, 0.1) is 0 Å². The van der Waals surface area contributed by atoms with Gasteiger partial charge in [-0.15, -0.1) is 0 Å². The van der Waals surface area contributed by atoms with Crippen LogP contribution in [0.1, 0.15) is 55.8 Å². The van der Waals surface area contributed by atoms with Crippen molar-refractivity contribution in [2.24, 2.45) is 0 Å². The zero-order valence-electron chi connectivity index (χ0n) is 10.00. The minimum Gasteiger partial charge on any atom is -0.298 e. The van der Waals surface area contributed by atoms with E-state index in [-0.39, 0.29) is 5.69 Å². The monoisotopic (exact) mass is 250 g/mol. The van der Waals surface area contributed by atoms with E-state index in [0.717, 1.165) is 25.7 Å². The Balaban J connectivity index is 2.19. The molecule has 1 fully saturated rings. The van der Waals surface area contributed by atoms with Gasteiger partial charge in [0.2, 0.25) is 0 Å². The lowest BCUT2D eigenvalue weighted by atomic mass is 9.96. The van der Waals surface area contributed by atoms with Crippen molar-refractivity contribution in [3.63, 3.8) is 0 Å². The normalized spacial score (nSPS) is 20.5. The Morgan fingerprint density at radius 1 is 1.12 bits per heavy atom. The second-order valence-corrected chi connectivity index (χ2v) is 5.61. The number of nitrogens with zero attached hydrogens (tertiary/aromatic N) is 1. The topological polar surface area (TPSA) is 37.8 Å². The van der Waals surface area contributed by atoms with Gasteiger partial charge < -0.3 is 0 Å². The predicted molar refractivity (Wildman–Crippen MR) is 70.0 cm³/mol. The van der Waals surface area contributed by atoms with Gasteiger partial charge in [-0.2, -0.15) is 0 Å². The van der Waals surface area contributed by atoms with E-state index in [0.29, 0.717) is 10.7 Å². The van der Waals surface area contributed by atoms with E-state index < -0.39 is 0 Å². The average molecular weight is 250 g/mol. The summed E-state index contributed by atoms with van der Waals surface area (Å²) in [6.07, 6.45) is 9.26. The molecule has 1 N–H and O–H groups in total. The van der Waals surface area contributed by atoms with Gasteiger partial charge in [-0.05, 0) is 38.5 Å². The van der Waals surface area contributed by atoms with Crippen LogP contribution in [0.2, 0.25) is 0 Å². The fourth-order valence-corrected chi connectivity index (χ4v) is 3.61. The largest absolute Gasteiger partial charge is 0.326 e. The molecule has 1 saturated carbocycles. The van der Waals surface area contributed by atoms with E-state index >= 15 is 0 Å². The van der Waals surface area contributed by atoms with Gasteiger partial charge in [0, 0.05) is 17.3 Å². The number of H-pyrrole nitrogens is 1. The summed E-state index contributed by atoms with van der Waals surface area (Å²) in [5.41, 5.74) is 2.48. The summed E-state index contributed by atoms with van der Waals surface area (Å²) < 4.78 is 2.70. The molecule has 0 unspecified atom stereocenters. The van der Waals surface area contributed by atoms with E-state index in [9.17, 15) is 4.79 Å². The molecule has 0 aliphatic heterocycles. The molecule has 3 nitrogen and oxygen atoms in total. The van der Waals surface area contributed by atoms with E-state index in [1.807, 2.05) is 4.57 Å². The van der Waals surface area contributed by atoms with E-state index in [1.54, 1.807) is 0 Å². The molecule has 1 aromatic rings.